The number of methoxy groups -OCH3 is 1. The van der Waals surface area contributed by atoms with Gasteiger partial charge < -0.3 is 42.5 Å². The Kier molecular flexibility index (Phi) is 15.3. The molecule has 4 aliphatic rings. The SMILES string of the molecule is COCCN1C(=CC2=C(O)C(=CC3=[N+](CCOCCC(=O)ON4C(=O)CCC4=O)c4ccc(S(=O)(=O)[O-])cc4C3(C)CCCS(=O)(=O)[O-])C2=O)C(C)(CCCS(=O)(=O)[O-])c2cc(S(=O)(=O)[O-])ccc21. The second-order valence-electron chi connectivity index (χ2n) is 16.9. The molecular weight excluding hydrogens is 995 g/mol. The summed E-state index contributed by atoms with van der Waals surface area (Å²) in [7, 11) is -18.2. The van der Waals surface area contributed by atoms with Gasteiger partial charge in [-0.25, -0.2) is 38.5 Å². The van der Waals surface area contributed by atoms with Gasteiger partial charge in [-0.15, -0.1) is 5.06 Å². The van der Waals surface area contributed by atoms with Gasteiger partial charge in [0.2, 0.25) is 11.5 Å². The molecule has 0 bridgehead atoms. The number of anilines is 1. The molecule has 1 fully saturated rings. The van der Waals surface area contributed by atoms with Crippen molar-refractivity contribution in [2.75, 3.05) is 56.4 Å². The third-order valence-corrected chi connectivity index (χ3v) is 15.6. The number of hydroxylamine groups is 2. The lowest BCUT2D eigenvalue weighted by atomic mass is 9.73. The molecule has 0 spiro atoms. The normalized spacial score (nSPS) is 22.0. The van der Waals surface area contributed by atoms with Gasteiger partial charge >= 0.3 is 5.97 Å². The Morgan fingerprint density at radius 2 is 1.35 bits per heavy atom. The number of aliphatic hydroxyl groups excluding tert-OH is 1. The summed E-state index contributed by atoms with van der Waals surface area (Å²) in [5.74, 6) is -5.39. The number of imide groups is 1. The van der Waals surface area contributed by atoms with Crippen LogP contribution in [0.1, 0.15) is 69.9 Å². The lowest BCUT2D eigenvalue weighted by Gasteiger charge is -2.32. The summed E-state index contributed by atoms with van der Waals surface area (Å²) in [6, 6.07) is 6.92. The molecule has 27 heteroatoms. The molecule has 69 heavy (non-hydrogen) atoms. The fraction of sp³-hybridized carbons (Fsp3) is 0.452. The van der Waals surface area contributed by atoms with E-state index >= 15 is 0 Å². The van der Waals surface area contributed by atoms with Crippen molar-refractivity contribution in [3.05, 3.63) is 82.3 Å². The molecule has 1 N–H and O–H groups in total. The monoisotopic (exact) mass is 1040 g/mol. The second-order valence-corrected chi connectivity index (χ2v) is 22.7. The molecule has 0 aromatic heterocycles. The molecular formula is C42H46N3O20S4-3. The summed E-state index contributed by atoms with van der Waals surface area (Å²) < 4.78 is 156. The summed E-state index contributed by atoms with van der Waals surface area (Å²) >= 11 is 0. The van der Waals surface area contributed by atoms with Crippen molar-refractivity contribution < 1.29 is 95.1 Å². The van der Waals surface area contributed by atoms with Gasteiger partial charge in [-0.2, -0.15) is 4.58 Å². The van der Waals surface area contributed by atoms with E-state index in [9.17, 15) is 76.2 Å². The quantitative estimate of drug-likeness (QED) is 0.0568. The number of ketones is 1. The number of carbonyl (C=O) groups excluding carboxylic acids is 4. The van der Waals surface area contributed by atoms with Crippen LogP contribution in [0.2, 0.25) is 0 Å². The number of hydrogen-bond donors (Lipinski definition) is 1. The van der Waals surface area contributed by atoms with E-state index in [0.717, 1.165) is 24.3 Å². The number of hydrogen-bond acceptors (Lipinski definition) is 21. The molecule has 2 unspecified atom stereocenters. The topological polar surface area (TPSA) is 354 Å². The molecule has 23 nitrogen and oxygen atoms in total. The second kappa shape index (κ2) is 19.9. The molecule has 2 aromatic rings. The Morgan fingerprint density at radius 3 is 1.90 bits per heavy atom. The van der Waals surface area contributed by atoms with Gasteiger partial charge in [0.1, 0.15) is 32.6 Å². The highest BCUT2D eigenvalue weighted by molar-refractivity contribution is 7.86. The number of nitrogens with zero attached hydrogens (tertiary/aromatic N) is 3. The number of aliphatic hydroxyl groups is 1. The van der Waals surface area contributed by atoms with E-state index in [1.165, 1.54) is 42.9 Å². The zero-order chi connectivity index (χ0) is 51.1. The third-order valence-electron chi connectivity index (χ3n) is 12.3. The van der Waals surface area contributed by atoms with Gasteiger partial charge in [0, 0.05) is 72.5 Å². The minimum Gasteiger partial charge on any atom is -0.748 e. The lowest BCUT2D eigenvalue weighted by molar-refractivity contribution is -0.442. The van der Waals surface area contributed by atoms with E-state index in [1.807, 2.05) is 0 Å². The summed E-state index contributed by atoms with van der Waals surface area (Å²) in [6.45, 7) is 2.60. The zero-order valence-corrected chi connectivity index (χ0v) is 40.5. The maximum absolute atomic E-state index is 14.3. The van der Waals surface area contributed by atoms with Gasteiger partial charge in [0.05, 0.1) is 66.2 Å². The van der Waals surface area contributed by atoms with E-state index in [0.29, 0.717) is 10.8 Å². The fourth-order valence-corrected chi connectivity index (χ4v) is 10.9. The van der Waals surface area contributed by atoms with Crippen molar-refractivity contribution in [2.24, 2.45) is 0 Å². The molecule has 3 heterocycles. The summed E-state index contributed by atoms with van der Waals surface area (Å²) in [6.07, 6.45) is 1.03. The molecule has 2 aromatic carbocycles. The molecule has 2 atom stereocenters. The van der Waals surface area contributed by atoms with Crippen LogP contribution in [0.3, 0.4) is 0 Å². The van der Waals surface area contributed by atoms with Crippen LogP contribution < -0.4 is 4.90 Å². The number of rotatable bonds is 22. The van der Waals surface area contributed by atoms with Crippen molar-refractivity contribution in [1.29, 1.82) is 0 Å². The summed E-state index contributed by atoms with van der Waals surface area (Å²) in [4.78, 5) is 55.6. The maximum atomic E-state index is 14.3. The Bertz CT molecular complexity index is 3070. The van der Waals surface area contributed by atoms with E-state index < -0.39 is 108 Å². The smallest absolute Gasteiger partial charge is 0.335 e. The van der Waals surface area contributed by atoms with Crippen molar-refractivity contribution in [2.45, 2.75) is 79.4 Å². The molecule has 376 valence electrons. The highest BCUT2D eigenvalue weighted by Gasteiger charge is 2.50. The first-order valence-corrected chi connectivity index (χ1v) is 27.0. The van der Waals surface area contributed by atoms with Gasteiger partial charge in [0.15, 0.2) is 12.3 Å². The molecule has 0 saturated carbocycles. The van der Waals surface area contributed by atoms with Crippen LogP contribution in [0.4, 0.5) is 11.4 Å². The molecule has 3 aliphatic heterocycles. The van der Waals surface area contributed by atoms with E-state index in [2.05, 4.69) is 0 Å². The fourth-order valence-electron chi connectivity index (χ4n) is 8.90. The predicted octanol–water partition coefficient (Wildman–Crippen LogP) is 1.15. The van der Waals surface area contributed by atoms with Gasteiger partial charge in [-0.05, 0) is 81.5 Å². The summed E-state index contributed by atoms with van der Waals surface area (Å²) in [5, 5.41) is 12.1. The van der Waals surface area contributed by atoms with Crippen LogP contribution in [0, 0.1) is 0 Å². The van der Waals surface area contributed by atoms with E-state index in [4.69, 9.17) is 14.3 Å². The van der Waals surface area contributed by atoms with E-state index in [-0.39, 0.29) is 111 Å². The van der Waals surface area contributed by atoms with Gasteiger partial charge in [0.25, 0.3) is 11.8 Å². The number of benzene rings is 2. The van der Waals surface area contributed by atoms with Gasteiger partial charge in [-0.1, -0.05) is 0 Å². The first-order valence-electron chi connectivity index (χ1n) is 21.1. The number of carbonyl (C=O) groups is 4. The number of ether oxygens (including phenoxy) is 2. The van der Waals surface area contributed by atoms with Crippen LogP contribution in [0.5, 0.6) is 0 Å². The summed E-state index contributed by atoms with van der Waals surface area (Å²) in [5.41, 5.74) is -2.13. The highest BCUT2D eigenvalue weighted by Crippen LogP contribution is 2.52. The average Bonchev–Trinajstić information content (AvgIpc) is 3.77. The lowest BCUT2D eigenvalue weighted by Crippen LogP contribution is -2.35. The largest absolute Gasteiger partial charge is 0.748 e. The minimum absolute atomic E-state index is 0.0538. The zero-order valence-electron chi connectivity index (χ0n) is 37.2. The Morgan fingerprint density at radius 1 is 0.783 bits per heavy atom. The standard InChI is InChI=1S/C42H49N3O20S4/c1-41(13-4-20-66(51,52)53)30-22-26(68(57,58)59)6-8-32(30)43(15-18-63-3)34(41)24-28-39(49)29(40(28)50)25-35-42(2,14-5-21-67(54,55)56)31-23-27(69(60,61)62)7-9-33(31)44(35)16-19-64-17-12-38(48)65-45-36(46)10-11-37(45)47/h6-9,22-25H,4-5,10-21H2,1-3H3,(H4-,49,50,51,52,53,54,55,56,57,58,59,60,61,62)/p-3. The third kappa shape index (κ3) is 11.5. The number of fused-ring (bicyclic) bond motifs is 2. The molecule has 1 aliphatic carbocycles. The highest BCUT2D eigenvalue weighted by atomic mass is 32.2. The molecule has 2 amide bonds. The van der Waals surface area contributed by atoms with Crippen LogP contribution in [-0.2, 0) is 84.8 Å². The minimum atomic E-state index is -5.08. The number of allylic oxidation sites excluding steroid dienone is 5. The van der Waals surface area contributed by atoms with Crippen LogP contribution in [-0.4, -0.2) is 147 Å². The molecule has 1 saturated heterocycles. The predicted molar refractivity (Wildman–Crippen MR) is 234 cm³/mol. The Hall–Kier alpha value is -5.23. The Labute approximate surface area is 397 Å². The average molecular weight is 1040 g/mol. The van der Waals surface area contributed by atoms with Crippen molar-refractivity contribution in [1.82, 2.24) is 5.06 Å². The van der Waals surface area contributed by atoms with Crippen LogP contribution in [0.15, 0.2) is 80.9 Å². The van der Waals surface area contributed by atoms with Crippen LogP contribution >= 0.6 is 0 Å². The first kappa shape index (κ1) is 53.1. The van der Waals surface area contributed by atoms with Crippen molar-refractivity contribution in [3.63, 3.8) is 0 Å². The number of Topliss-reactive ketones (excluding diaryl/α,β-unsaturated/α-hetero) is 1. The van der Waals surface area contributed by atoms with E-state index in [1.54, 1.807) is 11.8 Å². The molecule has 6 rings (SSSR count). The van der Waals surface area contributed by atoms with Crippen molar-refractivity contribution >= 4 is 81.1 Å². The van der Waals surface area contributed by atoms with Gasteiger partial charge in [-0.3, -0.25) is 14.4 Å². The van der Waals surface area contributed by atoms with Crippen LogP contribution in [0.25, 0.3) is 0 Å². The molecule has 0 radical (unpaired) electrons. The van der Waals surface area contributed by atoms with Crippen molar-refractivity contribution in [3.8, 4) is 0 Å². The maximum Gasteiger partial charge on any atom is 0.335 e. The first-order chi connectivity index (χ1) is 32.0. The number of amides is 2. The Balaban J connectivity index is 1.43.